The van der Waals surface area contributed by atoms with E-state index in [2.05, 4.69) is 31.0 Å². The summed E-state index contributed by atoms with van der Waals surface area (Å²) in [5.41, 5.74) is 4.13. The lowest BCUT2D eigenvalue weighted by molar-refractivity contribution is -0.107. The van der Waals surface area contributed by atoms with Gasteiger partial charge in [-0.15, -0.1) is 0 Å². The zero-order chi connectivity index (χ0) is 17.5. The van der Waals surface area contributed by atoms with E-state index in [0.29, 0.717) is 12.3 Å². The first-order valence-electron chi connectivity index (χ1n) is 8.75. The second-order valence-corrected chi connectivity index (χ2v) is 6.75. The second kappa shape index (κ2) is 8.62. The highest BCUT2D eigenvalue weighted by Gasteiger charge is 2.04. The van der Waals surface area contributed by atoms with Crippen LogP contribution in [0.1, 0.15) is 55.8 Å². The normalized spacial score (nSPS) is 12.8. The van der Waals surface area contributed by atoms with Crippen LogP contribution in [0.5, 0.6) is 0 Å². The summed E-state index contributed by atoms with van der Waals surface area (Å²) in [5, 5.41) is 0.744. The number of unbranched alkanes of at least 4 members (excludes halogenated alkanes) is 1. The van der Waals surface area contributed by atoms with E-state index in [-0.39, 0.29) is 5.43 Å². The van der Waals surface area contributed by atoms with E-state index >= 15 is 0 Å². The van der Waals surface area contributed by atoms with E-state index in [1.807, 2.05) is 19.1 Å². The van der Waals surface area contributed by atoms with Crippen molar-refractivity contribution < 1.29 is 4.79 Å². The number of aromatic nitrogens is 1. The molecule has 0 amide bonds. The summed E-state index contributed by atoms with van der Waals surface area (Å²) in [4.78, 5) is 25.7. The van der Waals surface area contributed by atoms with Crippen LogP contribution in [0.4, 0.5) is 0 Å². The number of carbonyl (C=O) groups excluding carboxylic acids is 1. The molecular formula is C21H27NO2. The van der Waals surface area contributed by atoms with Gasteiger partial charge in [-0.05, 0) is 62.3 Å². The third kappa shape index (κ3) is 4.92. The number of aldehydes is 1. The lowest BCUT2D eigenvalue weighted by Crippen LogP contribution is -2.03. The van der Waals surface area contributed by atoms with Crippen molar-refractivity contribution in [3.05, 3.63) is 51.3 Å². The molecule has 24 heavy (non-hydrogen) atoms. The number of rotatable bonds is 8. The van der Waals surface area contributed by atoms with Crippen molar-refractivity contribution in [3.63, 3.8) is 0 Å². The van der Waals surface area contributed by atoms with Crippen LogP contribution in [0, 0.1) is 19.8 Å². The van der Waals surface area contributed by atoms with E-state index in [1.165, 1.54) is 5.56 Å². The molecule has 0 saturated heterocycles. The fourth-order valence-corrected chi connectivity index (χ4v) is 3.02. The standard InChI is InChI=1S/C21H27NO2/c1-15(9-6-7-11-23)8-4-5-10-18-14-19-20(12-16(18)2)22-17(3)13-21(19)24/h5,10-15H,4,6-9H2,1-3H3,(H,22,24)/b10-5+. The molecule has 0 aliphatic rings. The Balaban J connectivity index is 2.03. The third-order valence-corrected chi connectivity index (χ3v) is 4.49. The summed E-state index contributed by atoms with van der Waals surface area (Å²) in [6.45, 7) is 6.21. The molecule has 3 nitrogen and oxygen atoms in total. The van der Waals surface area contributed by atoms with Gasteiger partial charge in [-0.25, -0.2) is 0 Å². The molecule has 128 valence electrons. The Labute approximate surface area is 143 Å². The predicted octanol–water partition coefficient (Wildman–Crippen LogP) is 4.94. The number of aromatic amines is 1. The number of aryl methyl sites for hydroxylation is 2. The van der Waals surface area contributed by atoms with E-state index < -0.39 is 0 Å². The van der Waals surface area contributed by atoms with Crippen LogP contribution in [0.25, 0.3) is 17.0 Å². The van der Waals surface area contributed by atoms with Crippen molar-refractivity contribution >= 4 is 23.3 Å². The van der Waals surface area contributed by atoms with E-state index in [9.17, 15) is 9.59 Å². The summed E-state index contributed by atoms with van der Waals surface area (Å²) in [7, 11) is 0. The number of pyridine rings is 1. The number of allylic oxidation sites excluding steroid dienone is 1. The maximum atomic E-state index is 12.1. The molecule has 0 aliphatic heterocycles. The number of nitrogens with one attached hydrogen (secondary N) is 1. The van der Waals surface area contributed by atoms with E-state index in [1.54, 1.807) is 6.07 Å². The topological polar surface area (TPSA) is 49.9 Å². The molecule has 1 N–H and O–H groups in total. The molecule has 3 heteroatoms. The molecule has 2 aromatic rings. The van der Waals surface area contributed by atoms with Crippen molar-refractivity contribution in [2.24, 2.45) is 5.92 Å². The zero-order valence-corrected chi connectivity index (χ0v) is 14.9. The fraction of sp³-hybridized carbons (Fsp3) is 0.429. The number of hydrogen-bond donors (Lipinski definition) is 1. The molecule has 1 heterocycles. The van der Waals surface area contributed by atoms with Crippen molar-refractivity contribution in [2.45, 2.75) is 52.9 Å². The first kappa shape index (κ1) is 18.2. The average Bonchev–Trinajstić information content (AvgIpc) is 2.52. The van der Waals surface area contributed by atoms with E-state index in [0.717, 1.165) is 54.1 Å². The second-order valence-electron chi connectivity index (χ2n) is 6.75. The maximum Gasteiger partial charge on any atom is 0.189 e. The molecule has 0 bridgehead atoms. The molecule has 1 aromatic heterocycles. The summed E-state index contributed by atoms with van der Waals surface area (Å²) in [6.07, 6.45) is 10.2. The molecule has 2 rings (SSSR count). The molecule has 0 radical (unpaired) electrons. The number of hydrogen-bond acceptors (Lipinski definition) is 2. The Morgan fingerprint density at radius 1 is 1.12 bits per heavy atom. The summed E-state index contributed by atoms with van der Waals surface area (Å²) in [6, 6.07) is 5.67. The van der Waals surface area contributed by atoms with Crippen LogP contribution < -0.4 is 5.43 Å². The zero-order valence-electron chi connectivity index (χ0n) is 14.9. The molecule has 0 fully saturated rings. The van der Waals surface area contributed by atoms with E-state index in [4.69, 9.17) is 0 Å². The highest BCUT2D eigenvalue weighted by atomic mass is 16.1. The highest BCUT2D eigenvalue weighted by Crippen LogP contribution is 2.19. The summed E-state index contributed by atoms with van der Waals surface area (Å²) >= 11 is 0. The number of H-pyrrole nitrogens is 1. The van der Waals surface area contributed by atoms with Crippen LogP contribution in [0.2, 0.25) is 0 Å². The number of benzene rings is 1. The Morgan fingerprint density at radius 3 is 2.67 bits per heavy atom. The van der Waals surface area contributed by atoms with Crippen LogP contribution >= 0.6 is 0 Å². The predicted molar refractivity (Wildman–Crippen MR) is 101 cm³/mol. The molecular weight excluding hydrogens is 298 g/mol. The van der Waals surface area contributed by atoms with Gasteiger partial charge in [0.15, 0.2) is 5.43 Å². The SMILES string of the molecule is Cc1cc(=O)c2cc(/C=C/CCC(C)CCCC=O)c(C)cc2[nH]1. The monoisotopic (exact) mass is 325 g/mol. The summed E-state index contributed by atoms with van der Waals surface area (Å²) < 4.78 is 0. The van der Waals surface area contributed by atoms with Crippen molar-refractivity contribution in [1.29, 1.82) is 0 Å². The van der Waals surface area contributed by atoms with Gasteiger partial charge in [0.05, 0.1) is 0 Å². The molecule has 0 aliphatic carbocycles. The minimum atomic E-state index is 0.0692. The number of fused-ring (bicyclic) bond motifs is 1. The van der Waals surface area contributed by atoms with Crippen molar-refractivity contribution in [1.82, 2.24) is 4.98 Å². The van der Waals surface area contributed by atoms with Gasteiger partial charge in [-0.1, -0.05) is 25.5 Å². The third-order valence-electron chi connectivity index (χ3n) is 4.49. The smallest absolute Gasteiger partial charge is 0.189 e. The lowest BCUT2D eigenvalue weighted by Gasteiger charge is -2.08. The minimum Gasteiger partial charge on any atom is -0.358 e. The van der Waals surface area contributed by atoms with Gasteiger partial charge in [-0.3, -0.25) is 4.79 Å². The fourth-order valence-electron chi connectivity index (χ4n) is 3.02. The van der Waals surface area contributed by atoms with Gasteiger partial charge in [-0.2, -0.15) is 0 Å². The largest absolute Gasteiger partial charge is 0.358 e. The highest BCUT2D eigenvalue weighted by molar-refractivity contribution is 5.82. The van der Waals surface area contributed by atoms with Gasteiger partial charge < -0.3 is 9.78 Å². The first-order chi connectivity index (χ1) is 11.5. The van der Waals surface area contributed by atoms with Crippen LogP contribution in [-0.2, 0) is 4.79 Å². The Kier molecular flexibility index (Phi) is 6.53. The van der Waals surface area contributed by atoms with Gasteiger partial charge >= 0.3 is 0 Å². The van der Waals surface area contributed by atoms with Crippen LogP contribution in [0.15, 0.2) is 29.1 Å². The Morgan fingerprint density at radius 2 is 1.92 bits per heavy atom. The Hall–Kier alpha value is -2.16. The first-order valence-corrected chi connectivity index (χ1v) is 8.75. The number of carbonyl (C=O) groups is 1. The maximum absolute atomic E-state index is 12.1. The Bertz CT molecular complexity index is 786. The van der Waals surface area contributed by atoms with Crippen molar-refractivity contribution in [2.75, 3.05) is 0 Å². The molecule has 1 atom stereocenters. The molecule has 0 saturated carbocycles. The van der Waals surface area contributed by atoms with Crippen molar-refractivity contribution in [3.8, 4) is 0 Å². The van der Waals surface area contributed by atoms with Gasteiger partial charge in [0, 0.05) is 29.1 Å². The molecule has 0 spiro atoms. The molecule has 1 unspecified atom stereocenters. The molecule has 1 aromatic carbocycles. The van der Waals surface area contributed by atoms with Gasteiger partial charge in [0.1, 0.15) is 6.29 Å². The van der Waals surface area contributed by atoms with Crippen LogP contribution in [0.3, 0.4) is 0 Å². The lowest BCUT2D eigenvalue weighted by atomic mass is 9.98. The summed E-state index contributed by atoms with van der Waals surface area (Å²) in [5.74, 6) is 0.637. The van der Waals surface area contributed by atoms with Crippen LogP contribution in [-0.4, -0.2) is 11.3 Å². The quantitative estimate of drug-likeness (QED) is 0.552. The average molecular weight is 325 g/mol. The van der Waals surface area contributed by atoms with Gasteiger partial charge in [0.25, 0.3) is 0 Å². The van der Waals surface area contributed by atoms with Gasteiger partial charge in [0.2, 0.25) is 0 Å². The minimum absolute atomic E-state index is 0.0692.